The van der Waals surface area contributed by atoms with Gasteiger partial charge in [0.25, 0.3) is 5.91 Å². The van der Waals surface area contributed by atoms with Gasteiger partial charge in [-0.15, -0.1) is 0 Å². The third-order valence-electron chi connectivity index (χ3n) is 3.99. The van der Waals surface area contributed by atoms with Crippen molar-refractivity contribution in [2.75, 3.05) is 18.0 Å². The molecule has 8 nitrogen and oxygen atoms in total. The monoisotopic (exact) mass is 315 g/mol. The zero-order chi connectivity index (χ0) is 16.4. The highest BCUT2D eigenvalue weighted by molar-refractivity contribution is 5.90. The van der Waals surface area contributed by atoms with Crippen LogP contribution in [0.25, 0.3) is 0 Å². The Morgan fingerprint density at radius 2 is 2.17 bits per heavy atom. The molecular weight excluding hydrogens is 298 g/mol. The number of carboxylic acids is 1. The predicted octanol–water partition coefficient (Wildman–Crippen LogP) is 0.986. The highest BCUT2D eigenvalue weighted by Crippen LogP contribution is 2.28. The number of piperidine rings is 1. The van der Waals surface area contributed by atoms with Gasteiger partial charge in [0.15, 0.2) is 5.69 Å². The maximum atomic E-state index is 11.1. The van der Waals surface area contributed by atoms with E-state index in [9.17, 15) is 9.59 Å². The lowest BCUT2D eigenvalue weighted by Gasteiger charge is -2.33. The average Bonchev–Trinajstić information content (AvgIpc) is 3.05. The van der Waals surface area contributed by atoms with E-state index < -0.39 is 11.9 Å². The number of nitrogens with one attached hydrogen (secondary N) is 1. The van der Waals surface area contributed by atoms with Crippen molar-refractivity contribution < 1.29 is 14.7 Å². The van der Waals surface area contributed by atoms with Crippen LogP contribution in [0, 0.1) is 0 Å². The lowest BCUT2D eigenvalue weighted by Crippen LogP contribution is -2.35. The maximum Gasteiger partial charge on any atom is 0.354 e. The van der Waals surface area contributed by atoms with Gasteiger partial charge in [0, 0.05) is 24.7 Å². The second kappa shape index (κ2) is 6.07. The third kappa shape index (κ3) is 3.15. The number of nitrogens with zero attached hydrogens (tertiary/aromatic N) is 3. The van der Waals surface area contributed by atoms with Crippen molar-refractivity contribution in [3.05, 3.63) is 41.3 Å². The normalized spacial score (nSPS) is 17.9. The van der Waals surface area contributed by atoms with Crippen LogP contribution in [0.3, 0.4) is 0 Å². The van der Waals surface area contributed by atoms with Crippen LogP contribution < -0.4 is 10.6 Å². The predicted molar refractivity (Wildman–Crippen MR) is 82.5 cm³/mol. The van der Waals surface area contributed by atoms with Crippen molar-refractivity contribution in [2.45, 2.75) is 18.8 Å². The molecule has 0 spiro atoms. The number of amides is 1. The summed E-state index contributed by atoms with van der Waals surface area (Å²) in [5.74, 6) is -0.792. The molecule has 1 aliphatic heterocycles. The SMILES string of the molecule is NC(=O)c1cc(C2CCCN(c3cccc(C(=O)O)n3)C2)[nH]n1. The first-order valence-corrected chi connectivity index (χ1v) is 7.35. The molecule has 1 unspecified atom stereocenters. The minimum Gasteiger partial charge on any atom is -0.477 e. The molecule has 1 amide bonds. The summed E-state index contributed by atoms with van der Waals surface area (Å²) in [7, 11) is 0. The number of pyridine rings is 1. The fraction of sp³-hybridized carbons (Fsp3) is 0.333. The Bertz CT molecular complexity index is 742. The second-order valence-electron chi connectivity index (χ2n) is 5.54. The molecule has 120 valence electrons. The van der Waals surface area contributed by atoms with Crippen molar-refractivity contribution in [2.24, 2.45) is 5.73 Å². The first kappa shape index (κ1) is 15.0. The van der Waals surface area contributed by atoms with E-state index in [-0.39, 0.29) is 17.3 Å². The van der Waals surface area contributed by atoms with Crippen LogP contribution in [0.5, 0.6) is 0 Å². The Balaban J connectivity index is 1.79. The number of primary amides is 1. The Kier molecular flexibility index (Phi) is 3.96. The Labute approximate surface area is 132 Å². The van der Waals surface area contributed by atoms with Gasteiger partial charge in [-0.2, -0.15) is 5.10 Å². The molecule has 4 N–H and O–H groups in total. The van der Waals surface area contributed by atoms with E-state index in [4.69, 9.17) is 10.8 Å². The number of aromatic nitrogens is 3. The molecule has 2 aromatic rings. The van der Waals surface area contributed by atoms with E-state index in [1.54, 1.807) is 18.2 Å². The van der Waals surface area contributed by atoms with Crippen LogP contribution >= 0.6 is 0 Å². The topological polar surface area (TPSA) is 125 Å². The van der Waals surface area contributed by atoms with E-state index in [1.807, 2.05) is 4.90 Å². The summed E-state index contributed by atoms with van der Waals surface area (Å²) in [6, 6.07) is 6.65. The summed E-state index contributed by atoms with van der Waals surface area (Å²) in [6.07, 6.45) is 1.89. The number of carbonyl (C=O) groups is 2. The van der Waals surface area contributed by atoms with Gasteiger partial charge in [-0.25, -0.2) is 9.78 Å². The lowest BCUT2D eigenvalue weighted by atomic mass is 9.94. The summed E-state index contributed by atoms with van der Waals surface area (Å²) in [5.41, 5.74) is 6.34. The molecule has 0 aliphatic carbocycles. The molecule has 3 heterocycles. The zero-order valence-electron chi connectivity index (χ0n) is 12.4. The van der Waals surface area contributed by atoms with Crippen LogP contribution in [-0.4, -0.2) is 45.3 Å². The molecule has 1 aliphatic rings. The number of carbonyl (C=O) groups excluding carboxylic acids is 1. The highest BCUT2D eigenvalue weighted by Gasteiger charge is 2.24. The first-order valence-electron chi connectivity index (χ1n) is 7.35. The van der Waals surface area contributed by atoms with Crippen LogP contribution in [0.1, 0.15) is 45.4 Å². The van der Waals surface area contributed by atoms with Gasteiger partial charge in [-0.3, -0.25) is 9.89 Å². The van der Waals surface area contributed by atoms with Crippen LogP contribution in [0.15, 0.2) is 24.3 Å². The van der Waals surface area contributed by atoms with Crippen molar-refractivity contribution in [1.29, 1.82) is 0 Å². The van der Waals surface area contributed by atoms with Crippen molar-refractivity contribution in [1.82, 2.24) is 15.2 Å². The number of aromatic carboxylic acids is 1. The molecule has 3 rings (SSSR count). The first-order chi connectivity index (χ1) is 11.0. The zero-order valence-corrected chi connectivity index (χ0v) is 12.4. The summed E-state index contributed by atoms with van der Waals surface area (Å²) in [5, 5.41) is 15.8. The molecule has 2 aromatic heterocycles. The summed E-state index contributed by atoms with van der Waals surface area (Å²) >= 11 is 0. The number of H-pyrrole nitrogens is 1. The molecule has 8 heteroatoms. The number of rotatable bonds is 4. The van der Waals surface area contributed by atoms with Gasteiger partial charge in [0.05, 0.1) is 0 Å². The Morgan fingerprint density at radius 1 is 1.35 bits per heavy atom. The number of hydrogen-bond donors (Lipinski definition) is 3. The molecular formula is C15H17N5O3. The molecule has 23 heavy (non-hydrogen) atoms. The molecule has 0 bridgehead atoms. The lowest BCUT2D eigenvalue weighted by molar-refractivity contribution is 0.0690. The fourth-order valence-electron chi connectivity index (χ4n) is 2.83. The van der Waals surface area contributed by atoms with Crippen molar-refractivity contribution in [3.63, 3.8) is 0 Å². The van der Waals surface area contributed by atoms with Crippen LogP contribution in [0.2, 0.25) is 0 Å². The largest absolute Gasteiger partial charge is 0.477 e. The summed E-state index contributed by atoms with van der Waals surface area (Å²) in [6.45, 7) is 1.49. The summed E-state index contributed by atoms with van der Waals surface area (Å²) in [4.78, 5) is 28.4. The molecule has 0 saturated carbocycles. The van der Waals surface area contributed by atoms with E-state index in [2.05, 4.69) is 15.2 Å². The average molecular weight is 315 g/mol. The van der Waals surface area contributed by atoms with Crippen molar-refractivity contribution >= 4 is 17.7 Å². The third-order valence-corrected chi connectivity index (χ3v) is 3.99. The Hall–Kier alpha value is -2.90. The van der Waals surface area contributed by atoms with Crippen molar-refractivity contribution in [3.8, 4) is 0 Å². The standard InChI is InChI=1S/C15H17N5O3/c16-14(21)12-7-11(18-19-12)9-3-2-6-20(8-9)13-5-1-4-10(17-13)15(22)23/h1,4-5,7,9H,2-3,6,8H2,(H2,16,21)(H,18,19)(H,22,23). The fourth-order valence-corrected chi connectivity index (χ4v) is 2.83. The van der Waals surface area contributed by atoms with E-state index in [1.165, 1.54) is 6.07 Å². The van der Waals surface area contributed by atoms with Crippen LogP contribution in [0.4, 0.5) is 5.82 Å². The molecule has 1 fully saturated rings. The second-order valence-corrected chi connectivity index (χ2v) is 5.54. The maximum absolute atomic E-state index is 11.1. The number of aromatic amines is 1. The quantitative estimate of drug-likeness (QED) is 0.772. The van der Waals surface area contributed by atoms with E-state index in [0.29, 0.717) is 12.4 Å². The number of nitrogens with two attached hydrogens (primary N) is 1. The van der Waals surface area contributed by atoms with Gasteiger partial charge < -0.3 is 15.7 Å². The summed E-state index contributed by atoms with van der Waals surface area (Å²) < 4.78 is 0. The molecule has 1 atom stereocenters. The molecule has 0 radical (unpaired) electrons. The smallest absolute Gasteiger partial charge is 0.354 e. The Morgan fingerprint density at radius 3 is 2.87 bits per heavy atom. The number of hydrogen-bond acceptors (Lipinski definition) is 5. The van der Waals surface area contributed by atoms with E-state index in [0.717, 1.165) is 25.1 Å². The molecule has 1 saturated heterocycles. The minimum atomic E-state index is -1.04. The van der Waals surface area contributed by atoms with Crippen LogP contribution in [-0.2, 0) is 0 Å². The van der Waals surface area contributed by atoms with E-state index >= 15 is 0 Å². The number of anilines is 1. The highest BCUT2D eigenvalue weighted by atomic mass is 16.4. The number of carboxylic acid groups (broad SMARTS) is 1. The van der Waals surface area contributed by atoms with Gasteiger partial charge in [-0.05, 0) is 31.0 Å². The van der Waals surface area contributed by atoms with Gasteiger partial charge in [0.2, 0.25) is 0 Å². The van der Waals surface area contributed by atoms with Gasteiger partial charge in [0.1, 0.15) is 11.5 Å². The van der Waals surface area contributed by atoms with Gasteiger partial charge in [-0.1, -0.05) is 6.07 Å². The molecule has 0 aromatic carbocycles. The minimum absolute atomic E-state index is 0.0298. The van der Waals surface area contributed by atoms with Gasteiger partial charge >= 0.3 is 5.97 Å².